The van der Waals surface area contributed by atoms with Gasteiger partial charge < -0.3 is 15.2 Å². The first-order valence-corrected chi connectivity index (χ1v) is 6.85. The predicted octanol–water partition coefficient (Wildman–Crippen LogP) is 0.988. The lowest BCUT2D eigenvalue weighted by Crippen LogP contribution is -2.34. The third kappa shape index (κ3) is 2.59. The Hall–Kier alpha value is -1.73. The summed E-state index contributed by atoms with van der Waals surface area (Å²) in [6, 6.07) is 1.88. The fraction of sp³-hybridized carbons (Fsp3) is 0.615. The summed E-state index contributed by atoms with van der Waals surface area (Å²) in [5, 5.41) is 17.8. The number of rotatable bonds is 5. The van der Waals surface area contributed by atoms with Gasteiger partial charge in [-0.05, 0) is 12.8 Å². The second kappa shape index (κ2) is 5.34. The lowest BCUT2D eigenvalue weighted by Gasteiger charge is -2.23. The molecule has 20 heavy (non-hydrogen) atoms. The highest BCUT2D eigenvalue weighted by atomic mass is 16.5. The van der Waals surface area contributed by atoms with E-state index in [9.17, 15) is 5.11 Å². The summed E-state index contributed by atoms with van der Waals surface area (Å²) in [7, 11) is 1.63. The number of nitrogens with zero attached hydrogens (tertiary/aromatic N) is 4. The number of ether oxygens (including phenoxy) is 1. The molecule has 0 aromatic carbocycles. The standard InChI is InChI=1S/C13H19N5O2/c1-20-7-10-6-11(18-12(17-10)15-9-16-18)14-8-13(19)4-2-3-5-13/h6,9,14,19H,2-5,7-8H2,1H3. The third-order valence-corrected chi connectivity index (χ3v) is 3.73. The van der Waals surface area contributed by atoms with Gasteiger partial charge in [0.05, 0.1) is 17.9 Å². The van der Waals surface area contributed by atoms with Crippen molar-refractivity contribution in [3.05, 3.63) is 18.1 Å². The van der Waals surface area contributed by atoms with Gasteiger partial charge in [-0.3, -0.25) is 0 Å². The smallest absolute Gasteiger partial charge is 0.254 e. The molecule has 0 amide bonds. The van der Waals surface area contributed by atoms with Gasteiger partial charge in [0.15, 0.2) is 0 Å². The molecule has 1 aliphatic carbocycles. The van der Waals surface area contributed by atoms with Crippen LogP contribution in [0.4, 0.5) is 5.82 Å². The van der Waals surface area contributed by atoms with Crippen LogP contribution in [0.2, 0.25) is 0 Å². The van der Waals surface area contributed by atoms with Crippen LogP contribution in [0.15, 0.2) is 12.4 Å². The van der Waals surface area contributed by atoms with Crippen LogP contribution in [0.1, 0.15) is 31.4 Å². The first kappa shape index (κ1) is 13.3. The van der Waals surface area contributed by atoms with Crippen molar-refractivity contribution in [1.82, 2.24) is 19.6 Å². The molecule has 108 valence electrons. The summed E-state index contributed by atoms with van der Waals surface area (Å²) < 4.78 is 6.75. The molecule has 7 nitrogen and oxygen atoms in total. The molecule has 1 fully saturated rings. The van der Waals surface area contributed by atoms with Crippen molar-refractivity contribution < 1.29 is 9.84 Å². The number of methoxy groups -OCH3 is 1. The molecule has 2 aromatic heterocycles. The summed E-state index contributed by atoms with van der Waals surface area (Å²) in [6.45, 7) is 0.931. The van der Waals surface area contributed by atoms with Crippen LogP contribution in [0.3, 0.4) is 0 Å². The van der Waals surface area contributed by atoms with Gasteiger partial charge in [-0.15, -0.1) is 0 Å². The van der Waals surface area contributed by atoms with Gasteiger partial charge in [-0.2, -0.15) is 14.6 Å². The minimum atomic E-state index is -0.613. The van der Waals surface area contributed by atoms with E-state index in [1.165, 1.54) is 6.33 Å². The second-order valence-corrected chi connectivity index (χ2v) is 5.32. The zero-order valence-corrected chi connectivity index (χ0v) is 11.5. The largest absolute Gasteiger partial charge is 0.388 e. The van der Waals surface area contributed by atoms with E-state index in [1.54, 1.807) is 11.6 Å². The van der Waals surface area contributed by atoms with Crippen molar-refractivity contribution in [3.8, 4) is 0 Å². The van der Waals surface area contributed by atoms with Gasteiger partial charge in [-0.25, -0.2) is 4.98 Å². The third-order valence-electron chi connectivity index (χ3n) is 3.73. The number of hydrogen-bond acceptors (Lipinski definition) is 6. The van der Waals surface area contributed by atoms with Gasteiger partial charge in [0.25, 0.3) is 5.78 Å². The highest BCUT2D eigenvalue weighted by Gasteiger charge is 2.30. The summed E-state index contributed by atoms with van der Waals surface area (Å²) in [6.07, 6.45) is 5.33. The average molecular weight is 277 g/mol. The SMILES string of the molecule is COCc1cc(NCC2(O)CCCC2)n2ncnc2n1. The first-order valence-electron chi connectivity index (χ1n) is 6.85. The molecule has 3 rings (SSSR count). The summed E-state index contributed by atoms with van der Waals surface area (Å²) >= 11 is 0. The van der Waals surface area contributed by atoms with E-state index in [2.05, 4.69) is 20.4 Å². The predicted molar refractivity (Wildman–Crippen MR) is 73.4 cm³/mol. The number of aliphatic hydroxyl groups is 1. The Balaban J connectivity index is 1.83. The molecule has 0 unspecified atom stereocenters. The molecule has 2 N–H and O–H groups in total. The van der Waals surface area contributed by atoms with E-state index < -0.39 is 5.60 Å². The highest BCUT2D eigenvalue weighted by Crippen LogP contribution is 2.29. The Morgan fingerprint density at radius 3 is 3.00 bits per heavy atom. The van der Waals surface area contributed by atoms with Crippen molar-refractivity contribution in [3.63, 3.8) is 0 Å². The minimum absolute atomic E-state index is 0.419. The maximum atomic E-state index is 10.4. The monoisotopic (exact) mass is 277 g/mol. The molecule has 0 atom stereocenters. The Bertz CT molecular complexity index is 591. The quantitative estimate of drug-likeness (QED) is 0.847. The van der Waals surface area contributed by atoms with E-state index in [1.807, 2.05) is 6.07 Å². The van der Waals surface area contributed by atoms with Crippen LogP contribution >= 0.6 is 0 Å². The fourth-order valence-electron chi connectivity index (χ4n) is 2.67. The fourth-order valence-corrected chi connectivity index (χ4v) is 2.67. The van der Waals surface area contributed by atoms with E-state index in [0.29, 0.717) is 18.9 Å². The van der Waals surface area contributed by atoms with Crippen LogP contribution in [-0.4, -0.2) is 43.9 Å². The van der Waals surface area contributed by atoms with Gasteiger partial charge >= 0.3 is 0 Å². The van der Waals surface area contributed by atoms with E-state index in [4.69, 9.17) is 4.74 Å². The van der Waals surface area contributed by atoms with Crippen LogP contribution < -0.4 is 5.32 Å². The molecule has 0 aliphatic heterocycles. The number of fused-ring (bicyclic) bond motifs is 1. The van der Waals surface area contributed by atoms with Crippen molar-refractivity contribution in [1.29, 1.82) is 0 Å². The average Bonchev–Trinajstić information content (AvgIpc) is 3.06. The van der Waals surface area contributed by atoms with Crippen LogP contribution in [0.5, 0.6) is 0 Å². The van der Waals surface area contributed by atoms with E-state index in [0.717, 1.165) is 37.2 Å². The van der Waals surface area contributed by atoms with Crippen LogP contribution in [-0.2, 0) is 11.3 Å². The van der Waals surface area contributed by atoms with Crippen molar-refractivity contribution in [2.24, 2.45) is 0 Å². The van der Waals surface area contributed by atoms with E-state index >= 15 is 0 Å². The normalized spacial score (nSPS) is 17.7. The Labute approximate surface area is 117 Å². The van der Waals surface area contributed by atoms with Crippen LogP contribution in [0, 0.1) is 0 Å². The zero-order valence-electron chi connectivity index (χ0n) is 11.5. The molecule has 0 saturated heterocycles. The maximum Gasteiger partial charge on any atom is 0.254 e. The Kier molecular flexibility index (Phi) is 3.54. The highest BCUT2D eigenvalue weighted by molar-refractivity contribution is 5.45. The molecule has 0 radical (unpaired) electrons. The topological polar surface area (TPSA) is 84.6 Å². The number of hydrogen-bond donors (Lipinski definition) is 2. The molecule has 2 aromatic rings. The first-order chi connectivity index (χ1) is 9.70. The zero-order chi connectivity index (χ0) is 14.0. The molecular weight excluding hydrogens is 258 g/mol. The van der Waals surface area contributed by atoms with Gasteiger partial charge in [0.2, 0.25) is 0 Å². The molecule has 2 heterocycles. The molecule has 0 bridgehead atoms. The summed E-state index contributed by atoms with van der Waals surface area (Å²) in [5.41, 5.74) is 0.173. The molecule has 7 heteroatoms. The van der Waals surface area contributed by atoms with Gasteiger partial charge in [0.1, 0.15) is 12.1 Å². The van der Waals surface area contributed by atoms with E-state index in [-0.39, 0.29) is 0 Å². The summed E-state index contributed by atoms with van der Waals surface area (Å²) in [4.78, 5) is 8.45. The van der Waals surface area contributed by atoms with Crippen molar-refractivity contribution >= 4 is 11.6 Å². The lowest BCUT2D eigenvalue weighted by molar-refractivity contribution is 0.0613. The molecule has 1 aliphatic rings. The Morgan fingerprint density at radius 1 is 1.45 bits per heavy atom. The molecule has 1 saturated carbocycles. The van der Waals surface area contributed by atoms with Crippen molar-refractivity contribution in [2.75, 3.05) is 19.0 Å². The lowest BCUT2D eigenvalue weighted by atomic mass is 10.0. The summed E-state index contributed by atoms with van der Waals surface area (Å²) in [5.74, 6) is 1.31. The second-order valence-electron chi connectivity index (χ2n) is 5.32. The van der Waals surface area contributed by atoms with Gasteiger partial charge in [-0.1, -0.05) is 12.8 Å². The van der Waals surface area contributed by atoms with Crippen molar-refractivity contribution in [2.45, 2.75) is 37.9 Å². The minimum Gasteiger partial charge on any atom is -0.388 e. The maximum absolute atomic E-state index is 10.4. The number of aromatic nitrogens is 4. The molecule has 0 spiro atoms. The Morgan fingerprint density at radius 2 is 2.25 bits per heavy atom. The van der Waals surface area contributed by atoms with Gasteiger partial charge in [0, 0.05) is 19.7 Å². The number of anilines is 1. The number of nitrogens with one attached hydrogen (secondary N) is 1. The van der Waals surface area contributed by atoms with Crippen LogP contribution in [0.25, 0.3) is 5.78 Å². The molecular formula is C13H19N5O2.